The minimum absolute atomic E-state index is 0. The highest BCUT2D eigenvalue weighted by molar-refractivity contribution is 9.10. The van der Waals surface area contributed by atoms with Crippen LogP contribution in [-0.4, -0.2) is 55.7 Å². The van der Waals surface area contributed by atoms with Gasteiger partial charge in [-0.15, -0.1) is 24.8 Å². The first kappa shape index (κ1) is 22.7. The summed E-state index contributed by atoms with van der Waals surface area (Å²) < 4.78 is 6.62. The third kappa shape index (κ3) is 7.04. The Bertz CT molecular complexity index is 519. The van der Waals surface area contributed by atoms with Crippen molar-refractivity contribution in [3.8, 4) is 0 Å². The van der Waals surface area contributed by atoms with Gasteiger partial charge >= 0.3 is 0 Å². The molecule has 2 aliphatic heterocycles. The van der Waals surface area contributed by atoms with Crippen molar-refractivity contribution in [3.05, 3.63) is 34.3 Å². The minimum Gasteiger partial charge on any atom is -0.366 e. The topological polar surface area (TPSA) is 53.6 Å². The van der Waals surface area contributed by atoms with Gasteiger partial charge in [-0.3, -0.25) is 9.69 Å². The Hall–Kier alpha value is -0.370. The summed E-state index contributed by atoms with van der Waals surface area (Å²) in [5.41, 5.74) is 1.33. The Morgan fingerprint density at radius 2 is 1.92 bits per heavy atom. The van der Waals surface area contributed by atoms with Crippen LogP contribution in [-0.2, 0) is 16.1 Å². The van der Waals surface area contributed by atoms with E-state index >= 15 is 0 Å². The van der Waals surface area contributed by atoms with Gasteiger partial charge in [0, 0.05) is 43.2 Å². The van der Waals surface area contributed by atoms with Crippen LogP contribution in [0.15, 0.2) is 28.7 Å². The molecule has 2 heterocycles. The number of hydrogen-bond acceptors (Lipinski definition) is 4. The van der Waals surface area contributed by atoms with Gasteiger partial charge in [-0.1, -0.05) is 28.1 Å². The number of carbonyl (C=O) groups excluding carboxylic acids is 1. The van der Waals surface area contributed by atoms with E-state index in [9.17, 15) is 4.79 Å². The molecular formula is C17H26BrCl2N3O2. The van der Waals surface area contributed by atoms with E-state index < -0.39 is 0 Å². The highest BCUT2D eigenvalue weighted by Gasteiger charge is 2.26. The molecule has 1 amide bonds. The number of carbonyl (C=O) groups is 1. The number of piperidine rings is 1. The van der Waals surface area contributed by atoms with Gasteiger partial charge in [0.15, 0.2) is 0 Å². The number of rotatable bonds is 4. The normalized spacial score (nSPS) is 21.7. The molecule has 8 heteroatoms. The third-order valence-electron chi connectivity index (χ3n) is 4.47. The lowest BCUT2D eigenvalue weighted by atomic mass is 10.0. The maximum absolute atomic E-state index is 12.2. The fraction of sp³-hybridized carbons (Fsp3) is 0.588. The van der Waals surface area contributed by atoms with Crippen molar-refractivity contribution in [3.63, 3.8) is 0 Å². The molecule has 0 radical (unpaired) electrons. The van der Waals surface area contributed by atoms with E-state index in [4.69, 9.17) is 4.74 Å². The Morgan fingerprint density at radius 3 is 2.52 bits per heavy atom. The Morgan fingerprint density at radius 1 is 1.24 bits per heavy atom. The van der Waals surface area contributed by atoms with Gasteiger partial charge in [-0.25, -0.2) is 0 Å². The number of ether oxygens (including phenoxy) is 1. The van der Waals surface area contributed by atoms with Crippen LogP contribution in [0.2, 0.25) is 0 Å². The molecule has 0 spiro atoms. The van der Waals surface area contributed by atoms with Crippen molar-refractivity contribution in [1.82, 2.24) is 15.5 Å². The zero-order chi connectivity index (χ0) is 16.1. The predicted octanol–water partition coefficient (Wildman–Crippen LogP) is 2.36. The highest BCUT2D eigenvalue weighted by Crippen LogP contribution is 2.16. The monoisotopic (exact) mass is 453 g/mol. The average molecular weight is 455 g/mol. The highest BCUT2D eigenvalue weighted by atomic mass is 79.9. The SMILES string of the molecule is Cl.Cl.O=C(NC1CCN(Cc2ccc(Br)cc2)CC1)C1CNCCO1. The predicted molar refractivity (Wildman–Crippen MR) is 108 cm³/mol. The molecule has 1 aromatic carbocycles. The second kappa shape index (κ2) is 11.4. The molecule has 142 valence electrons. The molecule has 0 saturated carbocycles. The first-order chi connectivity index (χ1) is 11.2. The number of likely N-dealkylation sites (tertiary alicyclic amines) is 1. The molecule has 1 aromatic rings. The summed E-state index contributed by atoms with van der Waals surface area (Å²) in [7, 11) is 0. The summed E-state index contributed by atoms with van der Waals surface area (Å²) in [5, 5.41) is 6.34. The summed E-state index contributed by atoms with van der Waals surface area (Å²) in [6.07, 6.45) is 1.68. The molecule has 1 atom stereocenters. The maximum Gasteiger partial charge on any atom is 0.250 e. The first-order valence-corrected chi connectivity index (χ1v) is 9.09. The fourth-order valence-electron chi connectivity index (χ4n) is 3.11. The molecule has 1 unspecified atom stereocenters. The van der Waals surface area contributed by atoms with E-state index in [1.165, 1.54) is 5.56 Å². The number of nitrogens with one attached hydrogen (secondary N) is 2. The Labute approximate surface area is 170 Å². The van der Waals surface area contributed by atoms with E-state index in [1.807, 2.05) is 0 Å². The van der Waals surface area contributed by atoms with Crippen LogP contribution < -0.4 is 10.6 Å². The average Bonchev–Trinajstić information content (AvgIpc) is 2.59. The van der Waals surface area contributed by atoms with Gasteiger partial charge in [0.05, 0.1) is 6.61 Å². The molecule has 2 fully saturated rings. The van der Waals surface area contributed by atoms with Gasteiger partial charge in [0.2, 0.25) is 0 Å². The van der Waals surface area contributed by atoms with Gasteiger partial charge in [-0.2, -0.15) is 0 Å². The molecule has 2 N–H and O–H groups in total. The summed E-state index contributed by atoms with van der Waals surface area (Å²) >= 11 is 3.47. The lowest BCUT2D eigenvalue weighted by Crippen LogP contribution is -2.52. The standard InChI is InChI=1S/C17H24BrN3O2.2ClH/c18-14-3-1-13(2-4-14)12-21-8-5-15(6-9-21)20-17(22)16-11-19-7-10-23-16;;/h1-4,15-16,19H,5-12H2,(H,20,22);2*1H. The number of morpholine rings is 1. The molecule has 2 aliphatic rings. The molecule has 0 aliphatic carbocycles. The van der Waals surface area contributed by atoms with Gasteiger partial charge in [0.1, 0.15) is 6.10 Å². The maximum atomic E-state index is 12.2. The lowest BCUT2D eigenvalue weighted by Gasteiger charge is -2.33. The van der Waals surface area contributed by atoms with Crippen molar-refractivity contribution in [2.75, 3.05) is 32.8 Å². The van der Waals surface area contributed by atoms with Crippen LogP contribution in [0.1, 0.15) is 18.4 Å². The molecular weight excluding hydrogens is 429 g/mol. The molecule has 25 heavy (non-hydrogen) atoms. The smallest absolute Gasteiger partial charge is 0.250 e. The van der Waals surface area contributed by atoms with Crippen LogP contribution >= 0.6 is 40.7 Å². The molecule has 3 rings (SSSR count). The minimum atomic E-state index is -0.329. The van der Waals surface area contributed by atoms with Crippen molar-refractivity contribution >= 4 is 46.7 Å². The van der Waals surface area contributed by atoms with E-state index in [2.05, 4.69) is 55.7 Å². The Balaban J connectivity index is 0.00000156. The van der Waals surface area contributed by atoms with E-state index in [-0.39, 0.29) is 42.9 Å². The van der Waals surface area contributed by atoms with Gasteiger partial charge in [-0.05, 0) is 30.5 Å². The quantitative estimate of drug-likeness (QED) is 0.733. The zero-order valence-corrected chi connectivity index (χ0v) is 17.3. The molecule has 5 nitrogen and oxygen atoms in total. The number of hydrogen-bond donors (Lipinski definition) is 2. The summed E-state index contributed by atoms with van der Waals surface area (Å²) in [4.78, 5) is 14.6. The van der Waals surface area contributed by atoms with Crippen molar-refractivity contribution in [1.29, 1.82) is 0 Å². The second-order valence-corrected chi connectivity index (χ2v) is 7.16. The van der Waals surface area contributed by atoms with Crippen LogP contribution in [0.25, 0.3) is 0 Å². The second-order valence-electron chi connectivity index (χ2n) is 6.25. The van der Waals surface area contributed by atoms with Crippen molar-refractivity contribution < 1.29 is 9.53 Å². The van der Waals surface area contributed by atoms with Crippen LogP contribution in [0.5, 0.6) is 0 Å². The first-order valence-electron chi connectivity index (χ1n) is 8.30. The van der Waals surface area contributed by atoms with E-state index in [1.54, 1.807) is 0 Å². The van der Waals surface area contributed by atoms with Crippen molar-refractivity contribution in [2.45, 2.75) is 31.5 Å². The van der Waals surface area contributed by atoms with Crippen LogP contribution in [0.3, 0.4) is 0 Å². The van der Waals surface area contributed by atoms with Crippen LogP contribution in [0, 0.1) is 0 Å². The summed E-state index contributed by atoms with van der Waals surface area (Å²) in [6, 6.07) is 8.76. The lowest BCUT2D eigenvalue weighted by molar-refractivity contribution is -0.135. The van der Waals surface area contributed by atoms with Gasteiger partial charge < -0.3 is 15.4 Å². The van der Waals surface area contributed by atoms with Crippen molar-refractivity contribution in [2.24, 2.45) is 0 Å². The zero-order valence-electron chi connectivity index (χ0n) is 14.1. The summed E-state index contributed by atoms with van der Waals surface area (Å²) in [5.74, 6) is 0.0311. The Kier molecular flexibility index (Phi) is 10.3. The number of amides is 1. The van der Waals surface area contributed by atoms with Crippen LogP contribution in [0.4, 0.5) is 0 Å². The number of nitrogens with zero attached hydrogens (tertiary/aromatic N) is 1. The summed E-state index contributed by atoms with van der Waals surface area (Å²) in [6.45, 7) is 5.08. The fourth-order valence-corrected chi connectivity index (χ4v) is 3.38. The van der Waals surface area contributed by atoms with E-state index in [0.717, 1.165) is 43.5 Å². The molecule has 0 bridgehead atoms. The number of benzene rings is 1. The number of halogens is 3. The van der Waals surface area contributed by atoms with Gasteiger partial charge in [0.25, 0.3) is 5.91 Å². The molecule has 0 aromatic heterocycles. The molecule has 2 saturated heterocycles. The third-order valence-corrected chi connectivity index (χ3v) is 5.00. The van der Waals surface area contributed by atoms with E-state index in [0.29, 0.717) is 13.2 Å². The largest absolute Gasteiger partial charge is 0.366 e.